The molecule has 28 heavy (non-hydrogen) atoms. The normalized spacial score (nSPS) is 23.1. The second-order valence-corrected chi connectivity index (χ2v) is 8.72. The Kier molecular flexibility index (Phi) is 5.05. The molecule has 0 N–H and O–H groups in total. The summed E-state index contributed by atoms with van der Waals surface area (Å²) in [6, 6.07) is 11.1. The van der Waals surface area contributed by atoms with Crippen LogP contribution in [0.2, 0.25) is 5.02 Å². The monoisotopic (exact) mass is 395 g/mol. The van der Waals surface area contributed by atoms with Gasteiger partial charge in [-0.1, -0.05) is 54.3 Å². The molecule has 0 radical (unpaired) electrons. The molecule has 2 aliphatic rings. The summed E-state index contributed by atoms with van der Waals surface area (Å²) >= 11 is 6.06. The number of hydrogen-bond acceptors (Lipinski definition) is 2. The Morgan fingerprint density at radius 2 is 1.50 bits per heavy atom. The average molecular weight is 396 g/mol. The lowest BCUT2D eigenvalue weighted by Gasteiger charge is -2.30. The van der Waals surface area contributed by atoms with Gasteiger partial charge in [-0.25, -0.2) is 0 Å². The predicted molar refractivity (Wildman–Crippen MR) is 112 cm³/mol. The summed E-state index contributed by atoms with van der Waals surface area (Å²) in [5.41, 5.74) is 4.94. The summed E-state index contributed by atoms with van der Waals surface area (Å²) in [5, 5.41) is 0.634. The maximum absolute atomic E-state index is 13.7. The number of benzene rings is 2. The van der Waals surface area contributed by atoms with Crippen molar-refractivity contribution in [1.82, 2.24) is 4.90 Å². The highest BCUT2D eigenvalue weighted by molar-refractivity contribution is 6.30. The summed E-state index contributed by atoms with van der Waals surface area (Å²) in [7, 11) is 0. The molecule has 2 fully saturated rings. The fraction of sp³-hybridized carbons (Fsp3) is 0.417. The highest BCUT2D eigenvalue weighted by Gasteiger charge is 2.51. The minimum atomic E-state index is -0.707. The first-order valence-electron chi connectivity index (χ1n) is 10.1. The third-order valence-corrected chi connectivity index (χ3v) is 6.52. The molecule has 1 amide bonds. The zero-order chi connectivity index (χ0) is 20.0. The molecule has 2 atom stereocenters. The lowest BCUT2D eigenvalue weighted by Crippen LogP contribution is -2.37. The molecular formula is C24H26ClNO2. The van der Waals surface area contributed by atoms with Gasteiger partial charge in [0.2, 0.25) is 5.91 Å². The maximum Gasteiger partial charge on any atom is 0.238 e. The second-order valence-electron chi connectivity index (χ2n) is 8.29. The van der Waals surface area contributed by atoms with Gasteiger partial charge in [0.15, 0.2) is 5.78 Å². The first-order chi connectivity index (χ1) is 13.4. The largest absolute Gasteiger partial charge is 0.325 e. The molecule has 0 aromatic heterocycles. The molecule has 0 spiro atoms. The number of carbonyl (C=O) groups excluding carboxylic acids is 2. The van der Waals surface area contributed by atoms with Gasteiger partial charge in [-0.2, -0.15) is 0 Å². The van der Waals surface area contributed by atoms with Crippen molar-refractivity contribution in [2.75, 3.05) is 0 Å². The molecule has 2 aromatic carbocycles. The Morgan fingerprint density at radius 1 is 0.929 bits per heavy atom. The molecule has 3 nitrogen and oxygen atoms in total. The number of Topliss-reactive ketones (excluding diaryl/α,β-unsaturated/α-hetero) is 1. The molecule has 146 valence electrons. The minimum absolute atomic E-state index is 0.00530. The Bertz CT molecular complexity index is 905. The average Bonchev–Trinajstić information content (AvgIpc) is 3.23. The van der Waals surface area contributed by atoms with Crippen LogP contribution in [0.3, 0.4) is 0 Å². The van der Waals surface area contributed by atoms with Crippen LogP contribution in [0, 0.1) is 20.8 Å². The first kappa shape index (κ1) is 19.2. The SMILES string of the molecule is Cc1cc(C)c(C2C(=O)C(c3ccc(Cl)cc3)N(C3CCCC3)C2=O)c(C)c1. The first-order valence-corrected chi connectivity index (χ1v) is 10.5. The lowest BCUT2D eigenvalue weighted by molar-refractivity contribution is -0.132. The molecule has 1 saturated heterocycles. The fourth-order valence-corrected chi connectivity index (χ4v) is 5.27. The third kappa shape index (κ3) is 3.16. The summed E-state index contributed by atoms with van der Waals surface area (Å²) in [6.07, 6.45) is 4.18. The van der Waals surface area contributed by atoms with E-state index in [0.29, 0.717) is 5.02 Å². The van der Waals surface area contributed by atoms with E-state index in [1.807, 2.05) is 37.8 Å². The molecule has 2 unspecified atom stereocenters. The van der Waals surface area contributed by atoms with Crippen LogP contribution in [0.15, 0.2) is 36.4 Å². The molecule has 2 aromatic rings. The molecular weight excluding hydrogens is 370 g/mol. The quantitative estimate of drug-likeness (QED) is 0.648. The minimum Gasteiger partial charge on any atom is -0.325 e. The number of ketones is 1. The van der Waals surface area contributed by atoms with Gasteiger partial charge in [0.05, 0.1) is 0 Å². The third-order valence-electron chi connectivity index (χ3n) is 6.26. The second kappa shape index (κ2) is 7.36. The van der Waals surface area contributed by atoms with Crippen LogP contribution in [-0.4, -0.2) is 22.6 Å². The van der Waals surface area contributed by atoms with Crippen molar-refractivity contribution in [2.24, 2.45) is 0 Å². The van der Waals surface area contributed by atoms with Crippen molar-refractivity contribution in [2.45, 2.75) is 64.5 Å². The molecule has 4 heteroatoms. The summed E-state index contributed by atoms with van der Waals surface area (Å²) in [4.78, 5) is 29.2. The van der Waals surface area contributed by atoms with Crippen molar-refractivity contribution < 1.29 is 9.59 Å². The number of amides is 1. The van der Waals surface area contributed by atoms with Gasteiger partial charge in [0.25, 0.3) is 0 Å². The van der Waals surface area contributed by atoms with Crippen molar-refractivity contribution in [3.05, 3.63) is 69.2 Å². The van der Waals surface area contributed by atoms with Crippen LogP contribution in [-0.2, 0) is 9.59 Å². The van der Waals surface area contributed by atoms with E-state index in [2.05, 4.69) is 12.1 Å². The van der Waals surface area contributed by atoms with Gasteiger partial charge in [0.1, 0.15) is 12.0 Å². The van der Waals surface area contributed by atoms with Gasteiger partial charge >= 0.3 is 0 Å². The van der Waals surface area contributed by atoms with Gasteiger partial charge in [-0.3, -0.25) is 9.59 Å². The number of halogens is 1. The summed E-state index contributed by atoms with van der Waals surface area (Å²) in [6.45, 7) is 6.06. The van der Waals surface area contributed by atoms with Crippen molar-refractivity contribution in [3.8, 4) is 0 Å². The number of likely N-dealkylation sites (tertiary alicyclic amines) is 1. The Balaban J connectivity index is 1.83. The number of rotatable bonds is 3. The van der Waals surface area contributed by atoms with E-state index in [0.717, 1.165) is 53.5 Å². The highest BCUT2D eigenvalue weighted by atomic mass is 35.5. The standard InChI is InChI=1S/C24H26ClNO2/c1-14-12-15(2)20(16(3)13-14)21-23(27)22(17-8-10-18(25)11-9-17)26(24(21)28)19-6-4-5-7-19/h8-13,19,21-22H,4-7H2,1-3H3. The van der Waals surface area contributed by atoms with E-state index in [-0.39, 0.29) is 17.7 Å². The summed E-state index contributed by atoms with van der Waals surface area (Å²) < 4.78 is 0. The molecule has 1 saturated carbocycles. The number of carbonyl (C=O) groups is 2. The van der Waals surface area contributed by atoms with Crippen molar-refractivity contribution in [1.29, 1.82) is 0 Å². The van der Waals surface area contributed by atoms with Crippen LogP contribution in [0.1, 0.15) is 65.5 Å². The zero-order valence-electron chi connectivity index (χ0n) is 16.7. The van der Waals surface area contributed by atoms with E-state index in [1.165, 1.54) is 0 Å². The lowest BCUT2D eigenvalue weighted by atomic mass is 9.86. The van der Waals surface area contributed by atoms with E-state index >= 15 is 0 Å². The van der Waals surface area contributed by atoms with E-state index in [4.69, 9.17) is 11.6 Å². The van der Waals surface area contributed by atoms with E-state index in [1.54, 1.807) is 12.1 Å². The van der Waals surface area contributed by atoms with E-state index < -0.39 is 12.0 Å². The molecule has 4 rings (SSSR count). The molecule has 1 heterocycles. The van der Waals surface area contributed by atoms with Gasteiger partial charge in [-0.15, -0.1) is 0 Å². The topological polar surface area (TPSA) is 37.4 Å². The van der Waals surface area contributed by atoms with Crippen LogP contribution < -0.4 is 0 Å². The number of nitrogens with zero attached hydrogens (tertiary/aromatic N) is 1. The summed E-state index contributed by atoms with van der Waals surface area (Å²) in [5.74, 6) is -0.747. The maximum atomic E-state index is 13.7. The smallest absolute Gasteiger partial charge is 0.238 e. The number of hydrogen-bond donors (Lipinski definition) is 0. The predicted octanol–water partition coefficient (Wildman–Crippen LogP) is 5.44. The Labute approximate surface area is 171 Å². The Morgan fingerprint density at radius 3 is 2.07 bits per heavy atom. The van der Waals surface area contributed by atoms with Gasteiger partial charge < -0.3 is 4.90 Å². The van der Waals surface area contributed by atoms with Crippen molar-refractivity contribution >= 4 is 23.3 Å². The Hall–Kier alpha value is -2.13. The molecule has 1 aliphatic heterocycles. The van der Waals surface area contributed by atoms with E-state index in [9.17, 15) is 9.59 Å². The fourth-order valence-electron chi connectivity index (χ4n) is 5.15. The molecule has 0 bridgehead atoms. The zero-order valence-corrected chi connectivity index (χ0v) is 17.4. The highest BCUT2D eigenvalue weighted by Crippen LogP contribution is 2.44. The van der Waals surface area contributed by atoms with Crippen LogP contribution in [0.5, 0.6) is 0 Å². The van der Waals surface area contributed by atoms with Crippen LogP contribution in [0.4, 0.5) is 0 Å². The van der Waals surface area contributed by atoms with Crippen LogP contribution in [0.25, 0.3) is 0 Å². The van der Waals surface area contributed by atoms with Crippen molar-refractivity contribution in [3.63, 3.8) is 0 Å². The molecule has 1 aliphatic carbocycles. The van der Waals surface area contributed by atoms with Crippen LogP contribution >= 0.6 is 11.6 Å². The van der Waals surface area contributed by atoms with Gasteiger partial charge in [-0.05, 0) is 68.0 Å². The number of aryl methyl sites for hydroxylation is 3. The van der Waals surface area contributed by atoms with Gasteiger partial charge in [0, 0.05) is 11.1 Å².